The topological polar surface area (TPSA) is 83.2 Å². The summed E-state index contributed by atoms with van der Waals surface area (Å²) in [5.74, 6) is 0.761. The molecule has 1 aliphatic rings. The quantitative estimate of drug-likeness (QED) is 0.291. The lowest BCUT2D eigenvalue weighted by molar-refractivity contribution is -0.181. The molecule has 0 radical (unpaired) electrons. The summed E-state index contributed by atoms with van der Waals surface area (Å²) < 4.78 is 44.0. The van der Waals surface area contributed by atoms with Crippen molar-refractivity contribution in [1.82, 2.24) is 15.1 Å². The Morgan fingerprint density at radius 3 is 2.35 bits per heavy atom. The van der Waals surface area contributed by atoms with Gasteiger partial charge in [0.05, 0.1) is 0 Å². The lowest BCUT2D eigenvalue weighted by Gasteiger charge is -2.39. The van der Waals surface area contributed by atoms with Gasteiger partial charge in [-0.3, -0.25) is 14.7 Å². The molecule has 0 aromatic heterocycles. The number of primary amides is 1. The van der Waals surface area contributed by atoms with E-state index in [2.05, 4.69) is 10.3 Å². The zero-order valence-corrected chi connectivity index (χ0v) is 20.2. The standard InChI is InChI=1S/C20H30F3N5O2.HI/c1-3-25-19(28-12-10-27(11-13-28)15(2)20(21,22)23)26-9-8-16-4-6-17(7-5-16)30-14-18(24)29;/h4-7,15H,3,8-14H2,1-2H3,(H2,24,29)(H,25,26);1H. The third-order valence-corrected chi connectivity index (χ3v) is 4.94. The van der Waals surface area contributed by atoms with E-state index in [1.807, 2.05) is 24.0 Å². The van der Waals surface area contributed by atoms with Crippen LogP contribution in [-0.2, 0) is 11.2 Å². The lowest BCUT2D eigenvalue weighted by atomic mass is 10.1. The first kappa shape index (κ1) is 27.3. The molecule has 1 atom stereocenters. The van der Waals surface area contributed by atoms with Gasteiger partial charge in [0.1, 0.15) is 11.8 Å². The van der Waals surface area contributed by atoms with Gasteiger partial charge in [0, 0.05) is 39.3 Å². The number of ether oxygens (including phenoxy) is 1. The molecule has 0 aliphatic carbocycles. The van der Waals surface area contributed by atoms with Crippen molar-refractivity contribution in [2.75, 3.05) is 45.9 Å². The molecule has 1 heterocycles. The maximum Gasteiger partial charge on any atom is 0.403 e. The number of nitrogens with zero attached hydrogens (tertiary/aromatic N) is 3. The van der Waals surface area contributed by atoms with E-state index in [4.69, 9.17) is 10.5 Å². The third-order valence-electron chi connectivity index (χ3n) is 4.94. The minimum absolute atomic E-state index is 0. The molecule has 1 amide bonds. The Balaban J connectivity index is 0.00000480. The highest BCUT2D eigenvalue weighted by molar-refractivity contribution is 14.0. The number of alkyl halides is 3. The number of hydrogen-bond donors (Lipinski definition) is 2. The maximum absolute atomic E-state index is 12.9. The SMILES string of the molecule is CCNC(=NCCc1ccc(OCC(N)=O)cc1)N1CCN(C(C)C(F)(F)F)CC1.I. The first-order valence-corrected chi connectivity index (χ1v) is 10.0. The molecule has 3 N–H and O–H groups in total. The fourth-order valence-electron chi connectivity index (χ4n) is 3.15. The summed E-state index contributed by atoms with van der Waals surface area (Å²) in [4.78, 5) is 18.8. The molecule has 1 fully saturated rings. The van der Waals surface area contributed by atoms with Crippen LogP contribution in [0.25, 0.3) is 0 Å². The van der Waals surface area contributed by atoms with Crippen LogP contribution in [-0.4, -0.2) is 79.8 Å². The molecule has 2 rings (SSSR count). The Kier molecular flexibility index (Phi) is 11.4. The zero-order chi connectivity index (χ0) is 22.1. The van der Waals surface area contributed by atoms with E-state index >= 15 is 0 Å². The van der Waals surface area contributed by atoms with Crippen LogP contribution >= 0.6 is 24.0 Å². The molecule has 11 heteroatoms. The molecule has 1 saturated heterocycles. The second kappa shape index (κ2) is 12.9. The number of guanidine groups is 1. The number of aliphatic imine (C=N–C) groups is 1. The number of carbonyl (C=O) groups excluding carboxylic acids is 1. The van der Waals surface area contributed by atoms with Crippen LogP contribution in [0.4, 0.5) is 13.2 Å². The highest BCUT2D eigenvalue weighted by atomic mass is 127. The van der Waals surface area contributed by atoms with Crippen LogP contribution in [0.1, 0.15) is 19.4 Å². The minimum atomic E-state index is -4.21. The predicted molar refractivity (Wildman–Crippen MR) is 125 cm³/mol. The van der Waals surface area contributed by atoms with Crippen LogP contribution in [0.5, 0.6) is 5.75 Å². The molecule has 1 unspecified atom stereocenters. The summed E-state index contributed by atoms with van der Waals surface area (Å²) >= 11 is 0. The van der Waals surface area contributed by atoms with Crippen LogP contribution < -0.4 is 15.8 Å². The van der Waals surface area contributed by atoms with Crippen LogP contribution in [0.3, 0.4) is 0 Å². The lowest BCUT2D eigenvalue weighted by Crippen LogP contribution is -2.56. The number of carbonyl (C=O) groups is 1. The number of hydrogen-bond acceptors (Lipinski definition) is 4. The van der Waals surface area contributed by atoms with Gasteiger partial charge in [-0.15, -0.1) is 24.0 Å². The van der Waals surface area contributed by atoms with Crippen molar-refractivity contribution in [3.05, 3.63) is 29.8 Å². The van der Waals surface area contributed by atoms with Crippen molar-refractivity contribution in [2.45, 2.75) is 32.5 Å². The molecular weight excluding hydrogens is 526 g/mol. The van der Waals surface area contributed by atoms with E-state index in [1.165, 1.54) is 11.8 Å². The number of nitrogens with two attached hydrogens (primary N) is 1. The molecule has 0 saturated carbocycles. The number of piperazine rings is 1. The number of rotatable bonds is 8. The fraction of sp³-hybridized carbons (Fsp3) is 0.600. The Hall–Kier alpha value is -1.76. The van der Waals surface area contributed by atoms with Crippen LogP contribution in [0.2, 0.25) is 0 Å². The summed E-state index contributed by atoms with van der Waals surface area (Å²) in [6.07, 6.45) is -3.50. The van der Waals surface area contributed by atoms with Crippen LogP contribution in [0, 0.1) is 0 Å². The average Bonchev–Trinajstić information content (AvgIpc) is 2.71. The van der Waals surface area contributed by atoms with Crippen molar-refractivity contribution >= 4 is 35.8 Å². The van der Waals surface area contributed by atoms with Crippen molar-refractivity contribution in [3.63, 3.8) is 0 Å². The van der Waals surface area contributed by atoms with Crippen molar-refractivity contribution in [1.29, 1.82) is 0 Å². The van der Waals surface area contributed by atoms with E-state index in [0.717, 1.165) is 11.5 Å². The Morgan fingerprint density at radius 1 is 1.23 bits per heavy atom. The maximum atomic E-state index is 12.9. The molecule has 7 nitrogen and oxygen atoms in total. The van der Waals surface area contributed by atoms with E-state index in [-0.39, 0.29) is 30.6 Å². The molecular formula is C20H31F3IN5O2. The summed E-state index contributed by atoms with van der Waals surface area (Å²) in [5.41, 5.74) is 6.11. The monoisotopic (exact) mass is 557 g/mol. The second-order valence-electron chi connectivity index (χ2n) is 7.13. The molecule has 1 aliphatic heterocycles. The number of halogens is 4. The van der Waals surface area contributed by atoms with Gasteiger partial charge >= 0.3 is 6.18 Å². The number of benzene rings is 1. The normalized spacial score (nSPS) is 16.4. The summed E-state index contributed by atoms with van der Waals surface area (Å²) in [6, 6.07) is 5.91. The van der Waals surface area contributed by atoms with E-state index < -0.39 is 18.1 Å². The van der Waals surface area contributed by atoms with Crippen molar-refractivity contribution in [2.24, 2.45) is 10.7 Å². The largest absolute Gasteiger partial charge is 0.484 e. The van der Waals surface area contributed by atoms with Gasteiger partial charge in [0.15, 0.2) is 12.6 Å². The van der Waals surface area contributed by atoms with Gasteiger partial charge in [0.25, 0.3) is 5.91 Å². The highest BCUT2D eigenvalue weighted by Crippen LogP contribution is 2.25. The van der Waals surface area contributed by atoms with Crippen molar-refractivity contribution < 1.29 is 22.7 Å². The van der Waals surface area contributed by atoms with Gasteiger partial charge in [-0.2, -0.15) is 13.2 Å². The van der Waals surface area contributed by atoms with Crippen molar-refractivity contribution in [3.8, 4) is 5.75 Å². The molecule has 0 spiro atoms. The second-order valence-corrected chi connectivity index (χ2v) is 7.13. The van der Waals surface area contributed by atoms with Gasteiger partial charge in [-0.1, -0.05) is 12.1 Å². The predicted octanol–water partition coefficient (Wildman–Crippen LogP) is 2.25. The summed E-state index contributed by atoms with van der Waals surface area (Å²) in [7, 11) is 0. The molecule has 1 aromatic carbocycles. The van der Waals surface area contributed by atoms with E-state index in [0.29, 0.717) is 51.4 Å². The van der Waals surface area contributed by atoms with Gasteiger partial charge in [-0.05, 0) is 38.0 Å². The molecule has 0 bridgehead atoms. The zero-order valence-electron chi connectivity index (χ0n) is 17.8. The first-order chi connectivity index (χ1) is 14.2. The number of amides is 1. The highest BCUT2D eigenvalue weighted by Gasteiger charge is 2.41. The van der Waals surface area contributed by atoms with Crippen LogP contribution in [0.15, 0.2) is 29.3 Å². The molecule has 31 heavy (non-hydrogen) atoms. The van der Waals surface area contributed by atoms with Gasteiger partial charge < -0.3 is 20.7 Å². The van der Waals surface area contributed by atoms with Gasteiger partial charge in [-0.25, -0.2) is 0 Å². The molecule has 1 aromatic rings. The molecule has 176 valence electrons. The van der Waals surface area contributed by atoms with E-state index in [1.54, 1.807) is 12.1 Å². The average molecular weight is 557 g/mol. The summed E-state index contributed by atoms with van der Waals surface area (Å²) in [6.45, 7) is 5.92. The smallest absolute Gasteiger partial charge is 0.403 e. The van der Waals surface area contributed by atoms with Gasteiger partial charge in [0.2, 0.25) is 0 Å². The van der Waals surface area contributed by atoms with E-state index in [9.17, 15) is 18.0 Å². The third kappa shape index (κ3) is 9.09. The Labute approximate surface area is 198 Å². The fourth-order valence-corrected chi connectivity index (χ4v) is 3.15. The Bertz CT molecular complexity index is 708. The number of nitrogens with one attached hydrogen (secondary N) is 1. The Morgan fingerprint density at radius 2 is 1.84 bits per heavy atom. The first-order valence-electron chi connectivity index (χ1n) is 10.0. The summed E-state index contributed by atoms with van der Waals surface area (Å²) in [5, 5.41) is 3.22. The minimum Gasteiger partial charge on any atom is -0.484 e.